The van der Waals surface area contributed by atoms with E-state index in [9.17, 15) is 0 Å². The van der Waals surface area contributed by atoms with Crippen molar-refractivity contribution in [1.82, 2.24) is 0 Å². The van der Waals surface area contributed by atoms with Crippen LogP contribution >= 0.6 is 45.2 Å². The van der Waals surface area contributed by atoms with E-state index in [0.717, 1.165) is 25.1 Å². The largest absolute Gasteiger partial charge is 0.492 e. The molecule has 0 heterocycles. The van der Waals surface area contributed by atoms with Crippen molar-refractivity contribution in [3.05, 3.63) is 102 Å². The van der Waals surface area contributed by atoms with Gasteiger partial charge in [-0.2, -0.15) is 0 Å². The van der Waals surface area contributed by atoms with E-state index in [4.69, 9.17) is 9.47 Å². The molecule has 0 aliphatic rings. The Balaban J connectivity index is 1.40. The van der Waals surface area contributed by atoms with Crippen LogP contribution in [0.4, 0.5) is 0 Å². The number of benzene rings is 4. The summed E-state index contributed by atoms with van der Waals surface area (Å²) < 4.78 is 14.7. The molecule has 0 spiro atoms. The third kappa shape index (κ3) is 9.55. The van der Waals surface area contributed by atoms with Crippen molar-refractivity contribution in [3.8, 4) is 33.8 Å². The zero-order valence-electron chi connectivity index (χ0n) is 30.6. The molecule has 252 valence electrons. The van der Waals surface area contributed by atoms with Gasteiger partial charge in [-0.1, -0.05) is 132 Å². The fourth-order valence-electron chi connectivity index (χ4n) is 5.76. The van der Waals surface area contributed by atoms with Crippen molar-refractivity contribution in [2.24, 2.45) is 0 Å². The summed E-state index contributed by atoms with van der Waals surface area (Å²) in [6.45, 7) is 28.7. The highest BCUT2D eigenvalue weighted by Gasteiger charge is 2.24. The van der Waals surface area contributed by atoms with Gasteiger partial charge in [0.2, 0.25) is 0 Å². The van der Waals surface area contributed by atoms with E-state index in [1.54, 1.807) is 0 Å². The lowest BCUT2D eigenvalue weighted by atomic mass is 9.77. The van der Waals surface area contributed by atoms with E-state index in [1.807, 2.05) is 0 Å². The molecule has 0 aliphatic heterocycles. The molecule has 0 fully saturated rings. The minimum Gasteiger partial charge on any atom is -0.492 e. The molecule has 0 bridgehead atoms. The predicted molar refractivity (Wildman–Crippen MR) is 220 cm³/mol. The van der Waals surface area contributed by atoms with Gasteiger partial charge in [-0.25, -0.2) is 0 Å². The molecule has 4 heteroatoms. The molecule has 4 rings (SSSR count). The van der Waals surface area contributed by atoms with Gasteiger partial charge in [-0.05, 0) is 136 Å². The Hall–Kier alpha value is -2.06. The summed E-state index contributed by atoms with van der Waals surface area (Å²) in [4.78, 5) is 0. The Morgan fingerprint density at radius 2 is 0.809 bits per heavy atom. The summed E-state index contributed by atoms with van der Waals surface area (Å²) in [5.74, 6) is 1.84. The Kier molecular flexibility index (Phi) is 11.6. The molecule has 0 radical (unpaired) electrons. The van der Waals surface area contributed by atoms with Gasteiger partial charge in [0.05, 0.1) is 20.4 Å². The van der Waals surface area contributed by atoms with Crippen LogP contribution in [-0.2, 0) is 21.7 Å². The lowest BCUT2D eigenvalue weighted by Gasteiger charge is -2.28. The maximum absolute atomic E-state index is 6.22. The van der Waals surface area contributed by atoms with Gasteiger partial charge in [0, 0.05) is 6.42 Å². The Morgan fingerprint density at radius 1 is 0.447 bits per heavy atom. The first-order valence-corrected chi connectivity index (χ1v) is 19.0. The predicted octanol–water partition coefficient (Wildman–Crippen LogP) is 13.3. The van der Waals surface area contributed by atoms with E-state index in [0.29, 0.717) is 13.2 Å². The summed E-state index contributed by atoms with van der Waals surface area (Å²) in [6, 6.07) is 27.1. The molecule has 2 nitrogen and oxygen atoms in total. The summed E-state index contributed by atoms with van der Waals surface area (Å²) >= 11 is 4.81. The van der Waals surface area contributed by atoms with Crippen LogP contribution in [0.3, 0.4) is 0 Å². The molecule has 4 aromatic carbocycles. The summed E-state index contributed by atoms with van der Waals surface area (Å²) in [5, 5.41) is 0. The second-order valence-corrected chi connectivity index (χ2v) is 19.2. The molecule has 4 aromatic rings. The van der Waals surface area contributed by atoms with Crippen LogP contribution in [0.25, 0.3) is 22.3 Å². The molecule has 0 aliphatic carbocycles. The second-order valence-electron chi connectivity index (χ2n) is 16.9. The third-order valence-electron chi connectivity index (χ3n) is 8.68. The number of hydrogen-bond donors (Lipinski definition) is 0. The highest BCUT2D eigenvalue weighted by molar-refractivity contribution is 14.1. The zero-order valence-corrected chi connectivity index (χ0v) is 34.9. The van der Waals surface area contributed by atoms with Crippen LogP contribution in [0.5, 0.6) is 11.5 Å². The molecular weight excluding hydrogens is 802 g/mol. The first-order chi connectivity index (χ1) is 21.7. The van der Waals surface area contributed by atoms with Crippen molar-refractivity contribution in [3.63, 3.8) is 0 Å². The molecule has 0 unspecified atom stereocenters. The maximum atomic E-state index is 6.22. The van der Waals surface area contributed by atoms with E-state index in [-0.39, 0.29) is 21.7 Å². The molecule has 0 saturated heterocycles. The van der Waals surface area contributed by atoms with Gasteiger partial charge in [0.15, 0.2) is 0 Å². The number of halogens is 2. The van der Waals surface area contributed by atoms with Crippen LogP contribution in [-0.4, -0.2) is 13.2 Å². The standard InChI is InChI=1S/C43H54I2O2/c1-40(2,3)30-16-18-32(34(26-30)42(7,8)9)28-14-20-38(36(44)24-28)46-22-13-23-47-39-21-15-29(25-37(39)45)33-19-17-31(41(4,5)6)27-35(33)43(10,11)12/h14-21,24-27H,13,22-23H2,1-12H3. The fraction of sp³-hybridized carbons (Fsp3) is 0.442. The Morgan fingerprint density at radius 3 is 1.11 bits per heavy atom. The lowest BCUT2D eigenvalue weighted by molar-refractivity contribution is 0.245. The fourth-order valence-corrected chi connectivity index (χ4v) is 7.10. The Bertz CT molecular complexity index is 1580. The van der Waals surface area contributed by atoms with E-state index in [1.165, 1.54) is 44.5 Å². The lowest BCUT2D eigenvalue weighted by Crippen LogP contribution is -2.17. The quantitative estimate of drug-likeness (QED) is 0.130. The average molecular weight is 857 g/mol. The van der Waals surface area contributed by atoms with Crippen LogP contribution in [0, 0.1) is 7.14 Å². The van der Waals surface area contributed by atoms with Crippen molar-refractivity contribution < 1.29 is 9.47 Å². The van der Waals surface area contributed by atoms with Crippen LogP contribution in [0.15, 0.2) is 72.8 Å². The van der Waals surface area contributed by atoms with Gasteiger partial charge >= 0.3 is 0 Å². The molecule has 0 N–H and O–H groups in total. The van der Waals surface area contributed by atoms with Gasteiger partial charge < -0.3 is 9.47 Å². The first kappa shape index (κ1) is 37.8. The normalized spacial score (nSPS) is 12.7. The molecular formula is C43H54I2O2. The third-order valence-corrected chi connectivity index (χ3v) is 10.4. The summed E-state index contributed by atoms with van der Waals surface area (Å²) in [7, 11) is 0. The summed E-state index contributed by atoms with van der Waals surface area (Å²) in [5.41, 5.74) is 10.9. The zero-order chi connectivity index (χ0) is 34.9. The van der Waals surface area contributed by atoms with Crippen molar-refractivity contribution in [2.45, 2.75) is 111 Å². The maximum Gasteiger partial charge on any atom is 0.132 e. The van der Waals surface area contributed by atoms with E-state index in [2.05, 4.69) is 201 Å². The van der Waals surface area contributed by atoms with Crippen molar-refractivity contribution in [2.75, 3.05) is 13.2 Å². The minimum absolute atomic E-state index is 0.0441. The number of hydrogen-bond acceptors (Lipinski definition) is 2. The number of rotatable bonds is 8. The van der Waals surface area contributed by atoms with Gasteiger partial charge in [-0.3, -0.25) is 0 Å². The van der Waals surface area contributed by atoms with Crippen molar-refractivity contribution >= 4 is 45.2 Å². The molecule has 0 atom stereocenters. The SMILES string of the molecule is CC(C)(C)c1ccc(-c2ccc(OCCCOc3ccc(-c4ccc(C(C)(C)C)cc4C(C)(C)C)cc3I)c(I)c2)c(C(C)(C)C)c1. The monoisotopic (exact) mass is 856 g/mol. The van der Waals surface area contributed by atoms with Gasteiger partial charge in [-0.15, -0.1) is 0 Å². The van der Waals surface area contributed by atoms with Crippen molar-refractivity contribution in [1.29, 1.82) is 0 Å². The number of ether oxygens (including phenoxy) is 2. The topological polar surface area (TPSA) is 18.5 Å². The van der Waals surface area contributed by atoms with E-state index >= 15 is 0 Å². The van der Waals surface area contributed by atoms with Crippen LogP contribution < -0.4 is 9.47 Å². The highest BCUT2D eigenvalue weighted by atomic mass is 127. The first-order valence-electron chi connectivity index (χ1n) is 16.8. The summed E-state index contributed by atoms with van der Waals surface area (Å²) in [6.07, 6.45) is 0.806. The second kappa shape index (κ2) is 14.4. The molecule has 0 saturated carbocycles. The molecule has 0 amide bonds. The van der Waals surface area contributed by atoms with Crippen LogP contribution in [0.2, 0.25) is 0 Å². The average Bonchev–Trinajstić information content (AvgIpc) is 2.96. The smallest absolute Gasteiger partial charge is 0.132 e. The highest BCUT2D eigenvalue weighted by Crippen LogP contribution is 2.40. The van der Waals surface area contributed by atoms with E-state index < -0.39 is 0 Å². The molecule has 0 aromatic heterocycles. The van der Waals surface area contributed by atoms with Gasteiger partial charge in [0.25, 0.3) is 0 Å². The van der Waals surface area contributed by atoms with Gasteiger partial charge in [0.1, 0.15) is 11.5 Å². The Labute approximate surface area is 312 Å². The molecule has 47 heavy (non-hydrogen) atoms. The van der Waals surface area contributed by atoms with Crippen LogP contribution in [0.1, 0.15) is 112 Å². The minimum atomic E-state index is 0.0441.